The van der Waals surface area contributed by atoms with E-state index in [-0.39, 0.29) is 29.2 Å². The van der Waals surface area contributed by atoms with Gasteiger partial charge < -0.3 is 4.74 Å². The number of ether oxygens (including phenoxy) is 1. The summed E-state index contributed by atoms with van der Waals surface area (Å²) in [5.74, 6) is 0.151. The second-order valence-electron chi connectivity index (χ2n) is 8.65. The van der Waals surface area contributed by atoms with Gasteiger partial charge in [0.2, 0.25) is 10.0 Å². The van der Waals surface area contributed by atoms with Gasteiger partial charge in [-0.25, -0.2) is 8.42 Å². The molecule has 3 aliphatic rings. The summed E-state index contributed by atoms with van der Waals surface area (Å²) in [5, 5.41) is 9.23. The van der Waals surface area contributed by atoms with Crippen LogP contribution in [0.2, 0.25) is 0 Å². The maximum Gasteiger partial charge on any atom is 0.309 e. The van der Waals surface area contributed by atoms with E-state index in [0.29, 0.717) is 24.1 Å². The van der Waals surface area contributed by atoms with Gasteiger partial charge in [0, 0.05) is 18.6 Å². The molecule has 1 aromatic rings. The fourth-order valence-electron chi connectivity index (χ4n) is 5.64. The Morgan fingerprint density at radius 1 is 1.29 bits per heavy atom. The number of nitrogens with zero attached hydrogens (tertiary/aromatic N) is 3. The molecule has 166 valence electrons. The van der Waals surface area contributed by atoms with E-state index in [1.807, 2.05) is 12.1 Å². The molecule has 4 atom stereocenters. The minimum Gasteiger partial charge on any atom is -0.469 e. The van der Waals surface area contributed by atoms with Crippen molar-refractivity contribution < 1.29 is 17.9 Å². The standard InChI is InChI=1S/C23H29N3O4S/c1-30-22(27)11-3-10-21-20-9-5-13-25-12-4-7-18(23(20)25)16-26(21)31(28,29)19-8-2-6-17(14-19)15-24/h2-3,6,8,10,14,18,20-21,23H,4-5,7,9,11-13,16H2,1H3/b10-3-/t18-,20+,21+,23-/m0/s1. The molecule has 8 heteroatoms. The van der Waals surface area contributed by atoms with Gasteiger partial charge in [-0.3, -0.25) is 9.69 Å². The largest absolute Gasteiger partial charge is 0.469 e. The molecule has 0 saturated carbocycles. The molecule has 7 nitrogen and oxygen atoms in total. The van der Waals surface area contributed by atoms with E-state index in [0.717, 1.165) is 38.8 Å². The van der Waals surface area contributed by atoms with Crippen LogP contribution in [-0.4, -0.2) is 62.4 Å². The number of carbonyl (C=O) groups excluding carboxylic acids is 1. The van der Waals surface area contributed by atoms with E-state index in [1.165, 1.54) is 13.2 Å². The predicted molar refractivity (Wildman–Crippen MR) is 115 cm³/mol. The number of nitriles is 1. The highest BCUT2D eigenvalue weighted by Gasteiger charge is 2.50. The summed E-state index contributed by atoms with van der Waals surface area (Å²) in [6.45, 7) is 2.62. The maximum atomic E-state index is 13.7. The second-order valence-corrected chi connectivity index (χ2v) is 10.5. The molecule has 0 radical (unpaired) electrons. The Morgan fingerprint density at radius 3 is 2.81 bits per heavy atom. The summed E-state index contributed by atoms with van der Waals surface area (Å²) >= 11 is 0. The Hall–Kier alpha value is -2.21. The molecule has 3 saturated heterocycles. The van der Waals surface area contributed by atoms with Crippen LogP contribution in [0.25, 0.3) is 0 Å². The van der Waals surface area contributed by atoms with Gasteiger partial charge in [0.15, 0.2) is 0 Å². The van der Waals surface area contributed by atoms with Crippen LogP contribution in [0.15, 0.2) is 41.3 Å². The van der Waals surface area contributed by atoms with Crippen LogP contribution in [0.1, 0.15) is 37.7 Å². The first-order valence-electron chi connectivity index (χ1n) is 10.9. The normalized spacial score (nSPS) is 29.3. The third kappa shape index (κ3) is 4.27. The Morgan fingerprint density at radius 2 is 2.06 bits per heavy atom. The minimum absolute atomic E-state index is 0.120. The predicted octanol–water partition coefficient (Wildman–Crippen LogP) is 2.54. The average molecular weight is 444 g/mol. The lowest BCUT2D eigenvalue weighted by atomic mass is 9.70. The molecule has 0 aliphatic carbocycles. The Labute approximate surface area is 184 Å². The van der Waals surface area contributed by atoms with E-state index in [2.05, 4.69) is 4.90 Å². The van der Waals surface area contributed by atoms with Gasteiger partial charge in [-0.1, -0.05) is 18.2 Å². The van der Waals surface area contributed by atoms with E-state index >= 15 is 0 Å². The summed E-state index contributed by atoms with van der Waals surface area (Å²) < 4.78 is 33.8. The number of benzene rings is 1. The van der Waals surface area contributed by atoms with E-state index in [4.69, 9.17) is 4.74 Å². The van der Waals surface area contributed by atoms with Crippen molar-refractivity contribution >= 4 is 16.0 Å². The van der Waals surface area contributed by atoms with E-state index < -0.39 is 10.0 Å². The highest BCUT2D eigenvalue weighted by atomic mass is 32.2. The summed E-state index contributed by atoms with van der Waals surface area (Å²) in [6.07, 6.45) is 7.89. The summed E-state index contributed by atoms with van der Waals surface area (Å²) in [6, 6.07) is 8.33. The number of methoxy groups -OCH3 is 1. The number of piperidine rings is 3. The molecule has 0 amide bonds. The molecule has 0 unspecified atom stereocenters. The first-order chi connectivity index (χ1) is 15.0. The quantitative estimate of drug-likeness (QED) is 0.513. The molecular formula is C23H29N3O4S. The van der Waals surface area contributed by atoms with Crippen molar-refractivity contribution in [2.45, 2.75) is 49.1 Å². The van der Waals surface area contributed by atoms with Crippen molar-refractivity contribution in [3.05, 3.63) is 42.0 Å². The highest BCUT2D eigenvalue weighted by molar-refractivity contribution is 7.89. The zero-order chi connectivity index (χ0) is 22.0. The van der Waals surface area contributed by atoms with Crippen LogP contribution in [-0.2, 0) is 19.6 Å². The number of sulfonamides is 1. The zero-order valence-electron chi connectivity index (χ0n) is 17.8. The highest BCUT2D eigenvalue weighted by Crippen LogP contribution is 2.44. The Bertz CT molecular complexity index is 998. The lowest BCUT2D eigenvalue weighted by Crippen LogP contribution is -2.65. The third-order valence-electron chi connectivity index (χ3n) is 6.95. The fourth-order valence-corrected chi connectivity index (χ4v) is 7.37. The van der Waals surface area contributed by atoms with Gasteiger partial charge in [0.05, 0.1) is 30.1 Å². The number of rotatable bonds is 5. The number of esters is 1. The SMILES string of the molecule is COC(=O)C/C=C\[C@@H]1[C@H]2CCCN3CCC[C@@H](CN1S(=O)(=O)c1cccc(C#N)c1)[C@@H]23. The van der Waals surface area contributed by atoms with Crippen LogP contribution in [0.3, 0.4) is 0 Å². The van der Waals surface area contributed by atoms with Gasteiger partial charge in [0.1, 0.15) is 0 Å². The molecule has 0 N–H and O–H groups in total. The van der Waals surface area contributed by atoms with Gasteiger partial charge in [-0.2, -0.15) is 9.57 Å². The number of carbonyl (C=O) groups is 1. The van der Waals surface area contributed by atoms with Gasteiger partial charge in [0.25, 0.3) is 0 Å². The summed E-state index contributed by atoms with van der Waals surface area (Å²) in [5.41, 5.74) is 0.329. The van der Waals surface area contributed by atoms with Crippen molar-refractivity contribution in [2.75, 3.05) is 26.7 Å². The van der Waals surface area contributed by atoms with Crippen molar-refractivity contribution in [2.24, 2.45) is 11.8 Å². The van der Waals surface area contributed by atoms with Crippen LogP contribution in [0.5, 0.6) is 0 Å². The zero-order valence-corrected chi connectivity index (χ0v) is 18.6. The molecule has 1 aromatic carbocycles. The molecule has 0 bridgehead atoms. The monoisotopic (exact) mass is 443 g/mol. The molecule has 31 heavy (non-hydrogen) atoms. The van der Waals surface area contributed by atoms with Crippen molar-refractivity contribution in [1.29, 1.82) is 5.26 Å². The van der Waals surface area contributed by atoms with Gasteiger partial charge in [-0.05, 0) is 68.8 Å². The van der Waals surface area contributed by atoms with Crippen LogP contribution in [0.4, 0.5) is 0 Å². The molecular weight excluding hydrogens is 414 g/mol. The maximum absolute atomic E-state index is 13.7. The van der Waals surface area contributed by atoms with Gasteiger partial charge in [-0.15, -0.1) is 0 Å². The first kappa shape index (κ1) is 22.0. The van der Waals surface area contributed by atoms with Crippen molar-refractivity contribution in [3.63, 3.8) is 0 Å². The molecule has 3 heterocycles. The van der Waals surface area contributed by atoms with E-state index in [9.17, 15) is 18.5 Å². The number of hydrogen-bond acceptors (Lipinski definition) is 6. The van der Waals surface area contributed by atoms with Crippen molar-refractivity contribution in [3.8, 4) is 6.07 Å². The lowest BCUT2D eigenvalue weighted by Gasteiger charge is -2.56. The first-order valence-corrected chi connectivity index (χ1v) is 12.4. The Kier molecular flexibility index (Phi) is 6.47. The van der Waals surface area contributed by atoms with Crippen molar-refractivity contribution in [1.82, 2.24) is 9.21 Å². The average Bonchev–Trinajstić information content (AvgIpc) is 2.80. The van der Waals surface area contributed by atoms with Crippen LogP contribution in [0, 0.1) is 23.2 Å². The molecule has 3 fully saturated rings. The molecule has 3 aliphatic heterocycles. The Balaban J connectivity index is 1.72. The van der Waals surface area contributed by atoms with E-state index in [1.54, 1.807) is 28.6 Å². The van der Waals surface area contributed by atoms with Crippen LogP contribution < -0.4 is 0 Å². The van der Waals surface area contributed by atoms with Gasteiger partial charge >= 0.3 is 5.97 Å². The molecule has 4 rings (SSSR count). The number of hydrogen-bond donors (Lipinski definition) is 0. The fraction of sp³-hybridized carbons (Fsp3) is 0.565. The molecule has 0 aromatic heterocycles. The smallest absolute Gasteiger partial charge is 0.309 e. The summed E-state index contributed by atoms with van der Waals surface area (Å²) in [7, 11) is -2.44. The minimum atomic E-state index is -3.79. The second kappa shape index (κ2) is 9.11. The third-order valence-corrected chi connectivity index (χ3v) is 8.81. The summed E-state index contributed by atoms with van der Waals surface area (Å²) in [4.78, 5) is 14.3. The topological polar surface area (TPSA) is 90.7 Å². The lowest BCUT2D eigenvalue weighted by molar-refractivity contribution is -0.139. The van der Waals surface area contributed by atoms with Crippen LogP contribution >= 0.6 is 0 Å². The molecule has 0 spiro atoms.